The molecule has 1 amide bonds. The lowest BCUT2D eigenvalue weighted by Gasteiger charge is -2.49. The highest BCUT2D eigenvalue weighted by molar-refractivity contribution is 7.13. The van der Waals surface area contributed by atoms with Crippen molar-refractivity contribution in [1.82, 2.24) is 15.2 Å². The van der Waals surface area contributed by atoms with E-state index in [1.165, 1.54) is 37.3 Å². The molecular weight excluding hydrogens is 334 g/mol. The van der Waals surface area contributed by atoms with Crippen molar-refractivity contribution in [3.05, 3.63) is 41.0 Å². The van der Waals surface area contributed by atoms with Crippen LogP contribution in [0.3, 0.4) is 0 Å². The first kappa shape index (κ1) is 16.5. The van der Waals surface area contributed by atoms with E-state index in [0.717, 1.165) is 15.8 Å². The van der Waals surface area contributed by atoms with Gasteiger partial charge in [-0.2, -0.15) is 0 Å². The molecule has 3 saturated heterocycles. The van der Waals surface area contributed by atoms with E-state index < -0.39 is 0 Å². The third-order valence-electron chi connectivity index (χ3n) is 5.41. The van der Waals surface area contributed by atoms with Gasteiger partial charge >= 0.3 is 0 Å². The van der Waals surface area contributed by atoms with Crippen LogP contribution in [0.25, 0.3) is 0 Å². The summed E-state index contributed by atoms with van der Waals surface area (Å²) in [6.45, 7) is 6.51. The second-order valence-corrected chi connectivity index (χ2v) is 8.14. The summed E-state index contributed by atoms with van der Waals surface area (Å²) in [6.07, 6.45) is 4.10. The Labute approximate surface area is 152 Å². The molecule has 2 atom stereocenters. The third kappa shape index (κ3) is 3.41. The molecule has 5 nitrogen and oxygen atoms in total. The first-order chi connectivity index (χ1) is 12.1. The standard InChI is InChI=1S/C19H23N3O2S/c1-12-18(14-7-9-22(12)10-8-14)21-19(23)15-3-5-16(6-4-15)24-17-11-20-13(2)25-17/h3-6,11-12,14,18H,7-10H2,1-2H3,(H,21,23)/t12-,18-/m0/s1. The number of amides is 1. The number of hydrogen-bond donors (Lipinski definition) is 1. The van der Waals surface area contributed by atoms with E-state index in [1.807, 2.05) is 31.2 Å². The number of rotatable bonds is 4. The van der Waals surface area contributed by atoms with Crippen LogP contribution in [0, 0.1) is 12.8 Å². The van der Waals surface area contributed by atoms with Crippen LogP contribution in [-0.4, -0.2) is 41.0 Å². The van der Waals surface area contributed by atoms with Crippen LogP contribution >= 0.6 is 11.3 Å². The van der Waals surface area contributed by atoms with Gasteiger partial charge in [-0.05, 0) is 70.0 Å². The molecule has 25 heavy (non-hydrogen) atoms. The molecule has 132 valence electrons. The Kier molecular flexibility index (Phi) is 4.48. The topological polar surface area (TPSA) is 54.5 Å². The molecular formula is C19H23N3O2S. The Bertz CT molecular complexity index is 748. The van der Waals surface area contributed by atoms with Gasteiger partial charge in [0.2, 0.25) is 5.06 Å². The number of aryl methyl sites for hydroxylation is 1. The van der Waals surface area contributed by atoms with Gasteiger partial charge in [-0.3, -0.25) is 9.69 Å². The van der Waals surface area contributed by atoms with Crippen molar-refractivity contribution in [2.45, 2.75) is 38.8 Å². The average Bonchev–Trinajstić information content (AvgIpc) is 3.04. The van der Waals surface area contributed by atoms with Crippen LogP contribution in [0.5, 0.6) is 10.8 Å². The fourth-order valence-electron chi connectivity index (χ4n) is 3.96. The molecule has 1 N–H and O–H groups in total. The van der Waals surface area contributed by atoms with Crippen molar-refractivity contribution in [2.24, 2.45) is 5.92 Å². The smallest absolute Gasteiger partial charge is 0.251 e. The lowest BCUT2D eigenvalue weighted by molar-refractivity contribution is 0.0217. The SMILES string of the molecule is Cc1ncc(Oc2ccc(C(=O)N[C@@H]3C4CCN(CC4)[C@H]3C)cc2)s1. The summed E-state index contributed by atoms with van der Waals surface area (Å²) in [4.78, 5) is 19.3. The maximum atomic E-state index is 12.6. The molecule has 1 aromatic heterocycles. The Morgan fingerprint density at radius 2 is 2.00 bits per heavy atom. The summed E-state index contributed by atoms with van der Waals surface area (Å²) in [7, 11) is 0. The van der Waals surface area contributed by atoms with Crippen molar-refractivity contribution in [1.29, 1.82) is 0 Å². The van der Waals surface area contributed by atoms with Gasteiger partial charge < -0.3 is 10.1 Å². The summed E-state index contributed by atoms with van der Waals surface area (Å²) in [5.74, 6) is 1.34. The van der Waals surface area contributed by atoms with Gasteiger partial charge in [0.05, 0.1) is 11.2 Å². The zero-order chi connectivity index (χ0) is 17.4. The number of fused-ring (bicyclic) bond motifs is 3. The lowest BCUT2D eigenvalue weighted by atomic mass is 9.79. The molecule has 3 aliphatic heterocycles. The molecule has 4 heterocycles. The summed E-state index contributed by atoms with van der Waals surface area (Å²) in [5.41, 5.74) is 0.677. The second kappa shape index (κ2) is 6.77. The molecule has 6 heteroatoms. The van der Waals surface area contributed by atoms with Crippen LogP contribution < -0.4 is 10.1 Å². The molecule has 3 aliphatic rings. The maximum absolute atomic E-state index is 12.6. The Balaban J connectivity index is 1.40. The Hall–Kier alpha value is -1.92. The molecule has 5 rings (SSSR count). The number of nitrogens with zero attached hydrogens (tertiary/aromatic N) is 2. The number of carbonyl (C=O) groups excluding carboxylic acids is 1. The predicted molar refractivity (Wildman–Crippen MR) is 98.4 cm³/mol. The van der Waals surface area contributed by atoms with Gasteiger partial charge in [0.25, 0.3) is 5.91 Å². The molecule has 0 aliphatic carbocycles. The van der Waals surface area contributed by atoms with Gasteiger partial charge in [0, 0.05) is 17.6 Å². The van der Waals surface area contributed by atoms with Crippen molar-refractivity contribution >= 4 is 17.2 Å². The van der Waals surface area contributed by atoms with E-state index in [1.54, 1.807) is 6.20 Å². The van der Waals surface area contributed by atoms with Gasteiger partial charge in [0.1, 0.15) is 5.75 Å². The minimum absolute atomic E-state index is 0.00536. The third-order valence-corrected chi connectivity index (χ3v) is 6.20. The molecule has 1 aromatic carbocycles. The van der Waals surface area contributed by atoms with Crippen molar-refractivity contribution in [3.8, 4) is 10.8 Å². The first-order valence-corrected chi connectivity index (χ1v) is 9.67. The molecule has 0 unspecified atom stereocenters. The fourth-order valence-corrected chi connectivity index (χ4v) is 4.60. The van der Waals surface area contributed by atoms with Crippen molar-refractivity contribution in [3.63, 3.8) is 0 Å². The Morgan fingerprint density at radius 3 is 2.60 bits per heavy atom. The van der Waals surface area contributed by atoms with E-state index in [0.29, 0.717) is 17.5 Å². The summed E-state index contributed by atoms with van der Waals surface area (Å²) in [6, 6.07) is 8.00. The number of ether oxygens (including phenoxy) is 1. The molecule has 0 spiro atoms. The number of hydrogen-bond acceptors (Lipinski definition) is 5. The van der Waals surface area contributed by atoms with Gasteiger partial charge in [-0.1, -0.05) is 11.3 Å². The number of carbonyl (C=O) groups is 1. The van der Waals surface area contributed by atoms with Crippen LogP contribution in [0.1, 0.15) is 35.1 Å². The lowest BCUT2D eigenvalue weighted by Crippen LogP contribution is -2.62. The zero-order valence-electron chi connectivity index (χ0n) is 14.6. The first-order valence-electron chi connectivity index (χ1n) is 8.85. The van der Waals surface area contributed by atoms with E-state index in [2.05, 4.69) is 22.1 Å². The van der Waals surface area contributed by atoms with E-state index in [9.17, 15) is 4.79 Å². The minimum atomic E-state index is 0.00536. The number of thiazole rings is 1. The number of piperidine rings is 3. The highest BCUT2D eigenvalue weighted by Crippen LogP contribution is 2.32. The van der Waals surface area contributed by atoms with Crippen LogP contribution in [0.4, 0.5) is 0 Å². The number of nitrogens with one attached hydrogen (secondary N) is 1. The van der Waals surface area contributed by atoms with Crippen LogP contribution in [0.15, 0.2) is 30.5 Å². The quantitative estimate of drug-likeness (QED) is 0.910. The second-order valence-electron chi connectivity index (χ2n) is 6.94. The largest absolute Gasteiger partial charge is 0.445 e. The molecule has 2 aromatic rings. The van der Waals surface area contributed by atoms with Crippen molar-refractivity contribution < 1.29 is 9.53 Å². The van der Waals surface area contributed by atoms with Gasteiger partial charge in [-0.15, -0.1) is 0 Å². The molecule has 0 radical (unpaired) electrons. The highest BCUT2D eigenvalue weighted by atomic mass is 32.1. The predicted octanol–water partition coefficient (Wildman–Crippen LogP) is 3.46. The average molecular weight is 357 g/mol. The van der Waals surface area contributed by atoms with E-state index in [4.69, 9.17) is 4.74 Å². The molecule has 2 bridgehead atoms. The monoisotopic (exact) mass is 357 g/mol. The fraction of sp³-hybridized carbons (Fsp3) is 0.474. The molecule has 0 saturated carbocycles. The summed E-state index contributed by atoms with van der Waals surface area (Å²) < 4.78 is 5.76. The maximum Gasteiger partial charge on any atom is 0.251 e. The zero-order valence-corrected chi connectivity index (χ0v) is 15.4. The minimum Gasteiger partial charge on any atom is -0.445 e. The van der Waals surface area contributed by atoms with Crippen molar-refractivity contribution in [2.75, 3.05) is 13.1 Å². The number of benzene rings is 1. The summed E-state index contributed by atoms with van der Waals surface area (Å²) in [5, 5.41) is 4.99. The van der Waals surface area contributed by atoms with Gasteiger partial charge in [0.15, 0.2) is 0 Å². The normalized spacial score (nSPS) is 27.9. The van der Waals surface area contributed by atoms with E-state index >= 15 is 0 Å². The number of aromatic nitrogens is 1. The van der Waals surface area contributed by atoms with E-state index in [-0.39, 0.29) is 11.9 Å². The van der Waals surface area contributed by atoms with Crippen LogP contribution in [0.2, 0.25) is 0 Å². The highest BCUT2D eigenvalue weighted by Gasteiger charge is 2.40. The summed E-state index contributed by atoms with van der Waals surface area (Å²) >= 11 is 1.51. The Morgan fingerprint density at radius 1 is 1.28 bits per heavy atom. The van der Waals surface area contributed by atoms with Crippen LogP contribution in [-0.2, 0) is 0 Å². The molecule has 3 fully saturated rings. The van der Waals surface area contributed by atoms with Gasteiger partial charge in [-0.25, -0.2) is 4.98 Å².